The standard InChI is InChI=1S/C21H23FN2O2S/c22-18-2-4-19(5-3-18)27-15-21(25)24-10-8-23(9-11-24)14-16-1-6-20-17(13-16)7-12-26-20/h1-6,13H,7-12,14-15H2. The van der Waals surface area contributed by atoms with Crippen molar-refractivity contribution in [3.63, 3.8) is 0 Å². The highest BCUT2D eigenvalue weighted by Crippen LogP contribution is 2.26. The van der Waals surface area contributed by atoms with Crippen LogP contribution < -0.4 is 4.74 Å². The molecule has 0 N–H and O–H groups in total. The minimum atomic E-state index is -0.252. The maximum absolute atomic E-state index is 12.9. The Hall–Kier alpha value is -2.05. The molecule has 4 rings (SSSR count). The van der Waals surface area contributed by atoms with Gasteiger partial charge in [0.05, 0.1) is 12.4 Å². The number of carbonyl (C=O) groups is 1. The molecule has 0 saturated carbocycles. The van der Waals surface area contributed by atoms with Crippen LogP contribution >= 0.6 is 11.8 Å². The van der Waals surface area contributed by atoms with Crippen molar-refractivity contribution >= 4 is 17.7 Å². The molecule has 0 bridgehead atoms. The van der Waals surface area contributed by atoms with E-state index in [0.717, 1.165) is 56.4 Å². The van der Waals surface area contributed by atoms with Crippen molar-refractivity contribution < 1.29 is 13.9 Å². The summed E-state index contributed by atoms with van der Waals surface area (Å²) in [5, 5.41) is 0. The molecule has 0 atom stereocenters. The minimum absolute atomic E-state index is 0.152. The van der Waals surface area contributed by atoms with Crippen molar-refractivity contribution in [1.82, 2.24) is 9.80 Å². The third kappa shape index (κ3) is 4.62. The molecule has 0 unspecified atom stereocenters. The summed E-state index contributed by atoms with van der Waals surface area (Å²) >= 11 is 1.46. The maximum atomic E-state index is 12.9. The van der Waals surface area contributed by atoms with Crippen molar-refractivity contribution in [3.8, 4) is 5.75 Å². The Balaban J connectivity index is 1.23. The molecule has 1 saturated heterocycles. The van der Waals surface area contributed by atoms with Gasteiger partial charge < -0.3 is 9.64 Å². The fraction of sp³-hybridized carbons (Fsp3) is 0.381. The molecule has 2 aliphatic heterocycles. The van der Waals surface area contributed by atoms with Gasteiger partial charge in [0.25, 0.3) is 0 Å². The normalized spacial score (nSPS) is 16.9. The SMILES string of the molecule is O=C(CSc1ccc(F)cc1)N1CCN(Cc2ccc3c(c2)CCO3)CC1. The summed E-state index contributed by atoms with van der Waals surface area (Å²) in [6.45, 7) is 5.00. The van der Waals surface area contributed by atoms with Gasteiger partial charge in [0.2, 0.25) is 5.91 Å². The highest BCUT2D eigenvalue weighted by molar-refractivity contribution is 8.00. The van der Waals surface area contributed by atoms with Crippen LogP contribution in [0.3, 0.4) is 0 Å². The van der Waals surface area contributed by atoms with E-state index >= 15 is 0 Å². The second-order valence-corrected chi connectivity index (χ2v) is 7.99. The molecule has 2 heterocycles. The zero-order valence-electron chi connectivity index (χ0n) is 15.2. The molecular formula is C21H23FN2O2S. The lowest BCUT2D eigenvalue weighted by Gasteiger charge is -2.34. The van der Waals surface area contributed by atoms with E-state index in [9.17, 15) is 9.18 Å². The highest BCUT2D eigenvalue weighted by atomic mass is 32.2. The Bertz CT molecular complexity index is 804. The smallest absolute Gasteiger partial charge is 0.233 e. The summed E-state index contributed by atoms with van der Waals surface area (Å²) in [6.07, 6.45) is 0.997. The Morgan fingerprint density at radius 1 is 1.07 bits per heavy atom. The Labute approximate surface area is 163 Å². The van der Waals surface area contributed by atoms with E-state index in [0.29, 0.717) is 5.75 Å². The summed E-state index contributed by atoms with van der Waals surface area (Å²) in [7, 11) is 0. The second kappa shape index (κ2) is 8.31. The van der Waals surface area contributed by atoms with Crippen molar-refractivity contribution in [3.05, 3.63) is 59.4 Å². The molecule has 4 nitrogen and oxygen atoms in total. The van der Waals surface area contributed by atoms with Crippen molar-refractivity contribution in [2.75, 3.05) is 38.5 Å². The molecule has 0 aromatic heterocycles. The van der Waals surface area contributed by atoms with Crippen molar-refractivity contribution in [1.29, 1.82) is 0 Å². The van der Waals surface area contributed by atoms with Gasteiger partial charge in [-0.1, -0.05) is 12.1 Å². The largest absolute Gasteiger partial charge is 0.493 e. The van der Waals surface area contributed by atoms with E-state index in [1.807, 2.05) is 4.90 Å². The molecule has 0 aliphatic carbocycles. The Morgan fingerprint density at radius 3 is 2.63 bits per heavy atom. The number of rotatable bonds is 5. The van der Waals surface area contributed by atoms with E-state index < -0.39 is 0 Å². The van der Waals surface area contributed by atoms with Gasteiger partial charge in [-0.2, -0.15) is 0 Å². The maximum Gasteiger partial charge on any atom is 0.233 e. The first-order valence-electron chi connectivity index (χ1n) is 9.30. The minimum Gasteiger partial charge on any atom is -0.493 e. The zero-order chi connectivity index (χ0) is 18.6. The number of hydrogen-bond acceptors (Lipinski definition) is 4. The average molecular weight is 386 g/mol. The number of amides is 1. The number of hydrogen-bond donors (Lipinski definition) is 0. The monoisotopic (exact) mass is 386 g/mol. The number of piperazine rings is 1. The first-order valence-corrected chi connectivity index (χ1v) is 10.3. The van der Waals surface area contributed by atoms with Crippen LogP contribution in [0.15, 0.2) is 47.4 Å². The highest BCUT2D eigenvalue weighted by Gasteiger charge is 2.21. The van der Waals surface area contributed by atoms with Gasteiger partial charge in [0, 0.05) is 44.0 Å². The fourth-order valence-corrected chi connectivity index (χ4v) is 4.32. The lowest BCUT2D eigenvalue weighted by Crippen LogP contribution is -2.48. The number of halogens is 1. The summed E-state index contributed by atoms with van der Waals surface area (Å²) in [4.78, 5) is 17.7. The molecule has 27 heavy (non-hydrogen) atoms. The van der Waals surface area contributed by atoms with Crippen LogP contribution in [0.2, 0.25) is 0 Å². The topological polar surface area (TPSA) is 32.8 Å². The summed E-state index contributed by atoms with van der Waals surface area (Å²) in [6, 6.07) is 12.7. The van der Waals surface area contributed by atoms with Gasteiger partial charge in [-0.3, -0.25) is 9.69 Å². The Kier molecular flexibility index (Phi) is 5.64. The van der Waals surface area contributed by atoms with Gasteiger partial charge in [-0.25, -0.2) is 4.39 Å². The van der Waals surface area contributed by atoms with Crippen LogP contribution in [0, 0.1) is 5.82 Å². The van der Waals surface area contributed by atoms with Gasteiger partial charge in [0.1, 0.15) is 11.6 Å². The summed E-state index contributed by atoms with van der Waals surface area (Å²) in [5.41, 5.74) is 2.62. The molecule has 1 fully saturated rings. The zero-order valence-corrected chi connectivity index (χ0v) is 16.0. The van der Waals surface area contributed by atoms with E-state index in [1.54, 1.807) is 12.1 Å². The number of ether oxygens (including phenoxy) is 1. The molecule has 2 aromatic rings. The van der Waals surface area contributed by atoms with E-state index in [1.165, 1.54) is 35.0 Å². The second-order valence-electron chi connectivity index (χ2n) is 6.94. The molecule has 0 radical (unpaired) electrons. The van der Waals surface area contributed by atoms with E-state index in [4.69, 9.17) is 4.74 Å². The van der Waals surface area contributed by atoms with Crippen LogP contribution in [0.1, 0.15) is 11.1 Å². The third-order valence-electron chi connectivity index (χ3n) is 5.06. The average Bonchev–Trinajstić information content (AvgIpc) is 3.16. The van der Waals surface area contributed by atoms with E-state index in [-0.39, 0.29) is 11.7 Å². The number of benzene rings is 2. The van der Waals surface area contributed by atoms with Crippen LogP contribution in [-0.4, -0.2) is 54.2 Å². The predicted octanol–water partition coefficient (Wildman–Crippen LogP) is 3.20. The molecular weight excluding hydrogens is 363 g/mol. The summed E-state index contributed by atoms with van der Waals surface area (Å²) in [5.74, 6) is 1.32. The summed E-state index contributed by atoms with van der Waals surface area (Å²) < 4.78 is 18.5. The Morgan fingerprint density at radius 2 is 1.85 bits per heavy atom. The molecule has 142 valence electrons. The van der Waals surface area contributed by atoms with Gasteiger partial charge in [0.15, 0.2) is 0 Å². The number of fused-ring (bicyclic) bond motifs is 1. The quantitative estimate of drug-likeness (QED) is 0.739. The molecule has 0 spiro atoms. The van der Waals surface area contributed by atoms with Gasteiger partial charge in [-0.05, 0) is 41.5 Å². The fourth-order valence-electron chi connectivity index (χ4n) is 3.52. The van der Waals surface area contributed by atoms with Crippen LogP contribution in [0.25, 0.3) is 0 Å². The molecule has 2 aromatic carbocycles. The predicted molar refractivity (Wildman–Crippen MR) is 105 cm³/mol. The van der Waals surface area contributed by atoms with Crippen LogP contribution in [0.5, 0.6) is 5.75 Å². The number of carbonyl (C=O) groups excluding carboxylic acids is 1. The third-order valence-corrected chi connectivity index (χ3v) is 6.06. The number of thioether (sulfide) groups is 1. The van der Waals surface area contributed by atoms with Crippen LogP contribution in [0.4, 0.5) is 4.39 Å². The first-order chi connectivity index (χ1) is 13.2. The number of nitrogens with zero attached hydrogens (tertiary/aromatic N) is 2. The van der Waals surface area contributed by atoms with Crippen LogP contribution in [-0.2, 0) is 17.8 Å². The van der Waals surface area contributed by atoms with Gasteiger partial charge in [-0.15, -0.1) is 11.8 Å². The van der Waals surface area contributed by atoms with Gasteiger partial charge >= 0.3 is 0 Å². The van der Waals surface area contributed by atoms with Crippen molar-refractivity contribution in [2.24, 2.45) is 0 Å². The molecule has 6 heteroatoms. The first kappa shape index (κ1) is 18.3. The lowest BCUT2D eigenvalue weighted by atomic mass is 10.1. The lowest BCUT2D eigenvalue weighted by molar-refractivity contribution is -0.130. The van der Waals surface area contributed by atoms with E-state index in [2.05, 4.69) is 23.1 Å². The van der Waals surface area contributed by atoms with Crippen molar-refractivity contribution in [2.45, 2.75) is 17.9 Å². The molecule has 2 aliphatic rings. The molecule has 1 amide bonds.